The van der Waals surface area contributed by atoms with E-state index in [0.717, 1.165) is 12.0 Å². The molecule has 0 spiro atoms. The molecule has 0 unspecified atom stereocenters. The molecule has 0 saturated carbocycles. The van der Waals surface area contributed by atoms with Gasteiger partial charge in [0.1, 0.15) is 11.9 Å². The fraction of sp³-hybridized carbons (Fsp3) is 0.417. The Labute approximate surface area is 193 Å². The van der Waals surface area contributed by atoms with Gasteiger partial charge in [-0.05, 0) is 37.5 Å². The van der Waals surface area contributed by atoms with Gasteiger partial charge in [0.25, 0.3) is 0 Å². The molecule has 168 valence electrons. The van der Waals surface area contributed by atoms with Crippen molar-refractivity contribution in [3.63, 3.8) is 0 Å². The average Bonchev–Trinajstić information content (AvgIpc) is 2.76. The van der Waals surface area contributed by atoms with Crippen molar-refractivity contribution in [3.8, 4) is 0 Å². The number of carbonyl (C=O) groups excluding carboxylic acids is 2. The number of hydrogen-bond donors (Lipinski definition) is 1. The van der Waals surface area contributed by atoms with Crippen molar-refractivity contribution in [2.45, 2.75) is 58.0 Å². The van der Waals surface area contributed by atoms with Gasteiger partial charge < -0.3 is 10.2 Å². The zero-order valence-corrected chi connectivity index (χ0v) is 19.8. The summed E-state index contributed by atoms with van der Waals surface area (Å²) < 4.78 is 14.0. The van der Waals surface area contributed by atoms with Crippen LogP contribution in [0.1, 0.15) is 44.7 Å². The first-order valence-electron chi connectivity index (χ1n) is 10.5. The van der Waals surface area contributed by atoms with Gasteiger partial charge in [-0.25, -0.2) is 4.39 Å². The second kappa shape index (κ2) is 12.7. The third kappa shape index (κ3) is 7.54. The summed E-state index contributed by atoms with van der Waals surface area (Å²) in [7, 11) is 0. The van der Waals surface area contributed by atoms with Gasteiger partial charge in [-0.3, -0.25) is 9.59 Å². The Morgan fingerprint density at radius 1 is 1.10 bits per heavy atom. The highest BCUT2D eigenvalue weighted by atomic mass is 35.5. The van der Waals surface area contributed by atoms with E-state index in [1.165, 1.54) is 17.8 Å². The Hall–Kier alpha value is -2.05. The third-order valence-corrected chi connectivity index (χ3v) is 6.41. The molecule has 0 aliphatic heterocycles. The number of nitrogens with zero attached hydrogens (tertiary/aromatic N) is 1. The van der Waals surface area contributed by atoms with E-state index in [1.807, 2.05) is 51.1 Å². The van der Waals surface area contributed by atoms with Crippen LogP contribution in [0, 0.1) is 5.82 Å². The molecular weight excluding hydrogens is 435 g/mol. The average molecular weight is 465 g/mol. The lowest BCUT2D eigenvalue weighted by Gasteiger charge is -2.31. The maximum absolute atomic E-state index is 14.0. The summed E-state index contributed by atoms with van der Waals surface area (Å²) in [4.78, 5) is 27.7. The fourth-order valence-electron chi connectivity index (χ4n) is 3.13. The predicted octanol–water partition coefficient (Wildman–Crippen LogP) is 5.43. The highest BCUT2D eigenvalue weighted by Gasteiger charge is 2.29. The van der Waals surface area contributed by atoms with Crippen molar-refractivity contribution in [2.75, 3.05) is 5.75 Å². The number of halogens is 2. The minimum absolute atomic E-state index is 0.0350. The summed E-state index contributed by atoms with van der Waals surface area (Å²) >= 11 is 7.38. The van der Waals surface area contributed by atoms with Crippen LogP contribution >= 0.6 is 23.4 Å². The number of amides is 2. The Kier molecular flexibility index (Phi) is 10.3. The number of benzene rings is 2. The van der Waals surface area contributed by atoms with E-state index < -0.39 is 6.04 Å². The van der Waals surface area contributed by atoms with Crippen LogP contribution in [-0.4, -0.2) is 34.6 Å². The number of rotatable bonds is 11. The van der Waals surface area contributed by atoms with Crippen molar-refractivity contribution in [2.24, 2.45) is 0 Å². The molecule has 0 heterocycles. The van der Waals surface area contributed by atoms with E-state index in [4.69, 9.17) is 11.6 Å². The molecular formula is C24H30ClFN2O2S. The Balaban J connectivity index is 2.14. The van der Waals surface area contributed by atoms with Gasteiger partial charge >= 0.3 is 0 Å². The topological polar surface area (TPSA) is 49.4 Å². The normalized spacial score (nSPS) is 12.8. The summed E-state index contributed by atoms with van der Waals surface area (Å²) in [6, 6.07) is 13.6. The Morgan fingerprint density at radius 3 is 2.42 bits per heavy atom. The zero-order valence-electron chi connectivity index (χ0n) is 18.2. The lowest BCUT2D eigenvalue weighted by Crippen LogP contribution is -2.51. The van der Waals surface area contributed by atoms with Crippen LogP contribution < -0.4 is 5.32 Å². The van der Waals surface area contributed by atoms with Gasteiger partial charge in [0.05, 0.1) is 5.75 Å². The second-order valence-corrected chi connectivity index (χ2v) is 8.83. The van der Waals surface area contributed by atoms with Crippen LogP contribution in [0.5, 0.6) is 0 Å². The van der Waals surface area contributed by atoms with Crippen molar-refractivity contribution >= 4 is 35.2 Å². The molecule has 0 radical (unpaired) electrons. The maximum Gasteiger partial charge on any atom is 0.243 e. The molecule has 0 aliphatic carbocycles. The van der Waals surface area contributed by atoms with Crippen LogP contribution in [0.2, 0.25) is 5.02 Å². The van der Waals surface area contributed by atoms with E-state index in [1.54, 1.807) is 17.0 Å². The zero-order chi connectivity index (χ0) is 22.8. The maximum atomic E-state index is 14.0. The van der Waals surface area contributed by atoms with Gasteiger partial charge in [-0.15, -0.1) is 11.8 Å². The lowest BCUT2D eigenvalue weighted by molar-refractivity contribution is -0.139. The van der Waals surface area contributed by atoms with Crippen LogP contribution in [-0.2, 0) is 21.9 Å². The van der Waals surface area contributed by atoms with Gasteiger partial charge in [0, 0.05) is 28.9 Å². The van der Waals surface area contributed by atoms with Crippen LogP contribution in [0.4, 0.5) is 4.39 Å². The molecule has 0 saturated heterocycles. The number of nitrogens with one attached hydrogen (secondary N) is 1. The molecule has 7 heteroatoms. The highest BCUT2D eigenvalue weighted by molar-refractivity contribution is 7.99. The highest BCUT2D eigenvalue weighted by Crippen LogP contribution is 2.24. The van der Waals surface area contributed by atoms with Crippen LogP contribution in [0.3, 0.4) is 0 Å². The molecule has 0 aliphatic rings. The summed E-state index contributed by atoms with van der Waals surface area (Å²) in [5, 5.41) is 3.34. The molecule has 0 aromatic heterocycles. The second-order valence-electron chi connectivity index (χ2n) is 7.44. The predicted molar refractivity (Wildman–Crippen MR) is 127 cm³/mol. The van der Waals surface area contributed by atoms with E-state index in [2.05, 4.69) is 5.32 Å². The van der Waals surface area contributed by atoms with Gasteiger partial charge in [-0.1, -0.05) is 61.8 Å². The van der Waals surface area contributed by atoms with Gasteiger partial charge in [0.15, 0.2) is 0 Å². The van der Waals surface area contributed by atoms with Gasteiger partial charge in [-0.2, -0.15) is 0 Å². The number of hydrogen-bond acceptors (Lipinski definition) is 3. The summed E-state index contributed by atoms with van der Waals surface area (Å²) in [5.41, 5.74) is 1.34. The molecule has 2 atom stereocenters. The molecule has 2 amide bonds. The Bertz CT molecular complexity index is 846. The molecule has 2 aromatic carbocycles. The molecule has 4 nitrogen and oxygen atoms in total. The van der Waals surface area contributed by atoms with E-state index in [-0.39, 0.29) is 35.2 Å². The molecule has 0 fully saturated rings. The first-order valence-corrected chi connectivity index (χ1v) is 12.0. The monoisotopic (exact) mass is 464 g/mol. The first-order chi connectivity index (χ1) is 14.9. The molecule has 31 heavy (non-hydrogen) atoms. The molecule has 2 rings (SSSR count). The van der Waals surface area contributed by atoms with Crippen LogP contribution in [0.15, 0.2) is 48.5 Å². The standard InChI is InChI=1S/C24H30ClFN2O2S/c1-4-17(3)27-24(30)22(5-2)28(14-18-10-7-6-8-11-18)23(29)16-31-15-19-20(25)12-9-13-21(19)26/h6-13,17,22H,4-5,14-16H2,1-3H3,(H,27,30)/t17-,22+/m0/s1. The van der Waals surface area contributed by atoms with Crippen molar-refractivity contribution in [3.05, 3.63) is 70.5 Å². The summed E-state index contributed by atoms with van der Waals surface area (Å²) in [6.45, 7) is 6.19. The molecule has 1 N–H and O–H groups in total. The van der Waals surface area contributed by atoms with E-state index in [9.17, 15) is 14.0 Å². The van der Waals surface area contributed by atoms with E-state index >= 15 is 0 Å². The third-order valence-electron chi connectivity index (χ3n) is 5.12. The largest absolute Gasteiger partial charge is 0.352 e. The van der Waals surface area contributed by atoms with Crippen molar-refractivity contribution < 1.29 is 14.0 Å². The lowest BCUT2D eigenvalue weighted by atomic mass is 10.1. The fourth-order valence-corrected chi connectivity index (χ4v) is 4.38. The minimum atomic E-state index is -0.570. The molecule has 0 bridgehead atoms. The SMILES string of the molecule is CC[C@H](C(=O)N[C@@H](C)CC)N(Cc1ccccc1)C(=O)CSCc1c(F)cccc1Cl. The molecule has 2 aromatic rings. The Morgan fingerprint density at radius 2 is 1.81 bits per heavy atom. The van der Waals surface area contributed by atoms with Crippen LogP contribution in [0.25, 0.3) is 0 Å². The minimum Gasteiger partial charge on any atom is -0.352 e. The summed E-state index contributed by atoms with van der Waals surface area (Å²) in [5.74, 6) is -0.277. The van der Waals surface area contributed by atoms with E-state index in [0.29, 0.717) is 23.6 Å². The summed E-state index contributed by atoms with van der Waals surface area (Å²) in [6.07, 6.45) is 1.32. The smallest absolute Gasteiger partial charge is 0.243 e. The quantitative estimate of drug-likeness (QED) is 0.482. The van der Waals surface area contributed by atoms with Gasteiger partial charge in [0.2, 0.25) is 11.8 Å². The van der Waals surface area contributed by atoms with Crippen molar-refractivity contribution in [1.82, 2.24) is 10.2 Å². The number of thioether (sulfide) groups is 1. The first kappa shape index (κ1) is 25.2. The van der Waals surface area contributed by atoms with Crippen molar-refractivity contribution in [1.29, 1.82) is 0 Å². The number of carbonyl (C=O) groups is 2.